The molecule has 4 nitrogen and oxygen atoms in total. The molecule has 0 unspecified atom stereocenters. The summed E-state index contributed by atoms with van der Waals surface area (Å²) in [5.41, 5.74) is 0. The zero-order valence-electron chi connectivity index (χ0n) is 6.77. The van der Waals surface area contributed by atoms with Crippen molar-refractivity contribution in [3.63, 3.8) is 0 Å². The SMILES string of the molecule is Cn1cnnc1[C@H](F)C1COC1. The van der Waals surface area contributed by atoms with Crippen molar-refractivity contribution < 1.29 is 9.13 Å². The Bertz CT molecular complexity index is 271. The maximum Gasteiger partial charge on any atom is 0.167 e. The van der Waals surface area contributed by atoms with Gasteiger partial charge < -0.3 is 9.30 Å². The molecule has 1 aromatic rings. The summed E-state index contributed by atoms with van der Waals surface area (Å²) < 4.78 is 20.0. The highest BCUT2D eigenvalue weighted by atomic mass is 19.1. The fraction of sp³-hybridized carbons (Fsp3) is 0.714. The Morgan fingerprint density at radius 2 is 2.50 bits per heavy atom. The van der Waals surface area contributed by atoms with Crippen molar-refractivity contribution in [2.75, 3.05) is 13.2 Å². The van der Waals surface area contributed by atoms with Crippen LogP contribution in [-0.4, -0.2) is 28.0 Å². The average molecular weight is 171 g/mol. The Morgan fingerprint density at radius 1 is 1.75 bits per heavy atom. The minimum absolute atomic E-state index is 0.0344. The van der Waals surface area contributed by atoms with Gasteiger partial charge in [0.2, 0.25) is 0 Å². The van der Waals surface area contributed by atoms with Crippen molar-refractivity contribution in [1.29, 1.82) is 0 Å². The van der Waals surface area contributed by atoms with Crippen molar-refractivity contribution in [3.8, 4) is 0 Å². The van der Waals surface area contributed by atoms with E-state index in [-0.39, 0.29) is 5.92 Å². The quantitative estimate of drug-likeness (QED) is 0.649. The first-order valence-electron chi connectivity index (χ1n) is 3.84. The fourth-order valence-corrected chi connectivity index (χ4v) is 1.18. The van der Waals surface area contributed by atoms with Crippen LogP contribution in [0.4, 0.5) is 4.39 Å². The fourth-order valence-electron chi connectivity index (χ4n) is 1.18. The van der Waals surface area contributed by atoms with E-state index in [1.165, 1.54) is 6.33 Å². The second-order valence-electron chi connectivity index (χ2n) is 3.00. The van der Waals surface area contributed by atoms with Gasteiger partial charge in [0.1, 0.15) is 6.33 Å². The normalized spacial score (nSPS) is 20.5. The number of aromatic nitrogens is 3. The topological polar surface area (TPSA) is 39.9 Å². The van der Waals surface area contributed by atoms with Crippen LogP contribution in [0.1, 0.15) is 12.0 Å². The molecule has 1 aromatic heterocycles. The van der Waals surface area contributed by atoms with Crippen LogP contribution in [0.25, 0.3) is 0 Å². The maximum atomic E-state index is 13.5. The summed E-state index contributed by atoms with van der Waals surface area (Å²) in [7, 11) is 1.74. The van der Waals surface area contributed by atoms with Gasteiger partial charge in [0.25, 0.3) is 0 Å². The molecule has 12 heavy (non-hydrogen) atoms. The number of ether oxygens (including phenoxy) is 1. The highest BCUT2D eigenvalue weighted by Gasteiger charge is 2.32. The van der Waals surface area contributed by atoms with Crippen LogP contribution in [0, 0.1) is 5.92 Å². The molecule has 5 heteroatoms. The zero-order chi connectivity index (χ0) is 8.55. The van der Waals surface area contributed by atoms with E-state index in [1.54, 1.807) is 11.6 Å². The van der Waals surface area contributed by atoms with Crippen LogP contribution < -0.4 is 0 Å². The molecule has 1 saturated heterocycles. The highest BCUT2D eigenvalue weighted by molar-refractivity contribution is 4.95. The van der Waals surface area contributed by atoms with Gasteiger partial charge in [-0.2, -0.15) is 0 Å². The molecular formula is C7H10FN3O. The van der Waals surface area contributed by atoms with E-state index in [2.05, 4.69) is 10.2 Å². The Kier molecular flexibility index (Phi) is 1.80. The minimum Gasteiger partial charge on any atom is -0.380 e. The molecule has 2 heterocycles. The van der Waals surface area contributed by atoms with Crippen molar-refractivity contribution in [2.45, 2.75) is 6.17 Å². The van der Waals surface area contributed by atoms with Crippen molar-refractivity contribution in [2.24, 2.45) is 13.0 Å². The third-order valence-electron chi connectivity index (χ3n) is 2.07. The highest BCUT2D eigenvalue weighted by Crippen LogP contribution is 2.29. The number of hydrogen-bond acceptors (Lipinski definition) is 3. The van der Waals surface area contributed by atoms with Crippen molar-refractivity contribution in [3.05, 3.63) is 12.2 Å². The lowest BCUT2D eigenvalue weighted by Gasteiger charge is -2.28. The Balaban J connectivity index is 2.13. The maximum absolute atomic E-state index is 13.5. The third-order valence-corrected chi connectivity index (χ3v) is 2.07. The van der Waals surface area contributed by atoms with E-state index < -0.39 is 6.17 Å². The summed E-state index contributed by atoms with van der Waals surface area (Å²) in [5.74, 6) is 0.358. The number of hydrogen-bond donors (Lipinski definition) is 0. The minimum atomic E-state index is -1.04. The predicted molar refractivity (Wildman–Crippen MR) is 39.2 cm³/mol. The molecule has 0 bridgehead atoms. The predicted octanol–water partition coefficient (Wildman–Crippen LogP) is 0.472. The molecule has 1 aliphatic heterocycles. The zero-order valence-corrected chi connectivity index (χ0v) is 6.77. The lowest BCUT2D eigenvalue weighted by atomic mass is 10.0. The second kappa shape index (κ2) is 2.82. The standard InChI is InChI=1S/C7H10FN3O/c1-11-4-9-10-7(11)6(8)5-2-12-3-5/h4-6H,2-3H2,1H3/t6-/m1/s1. The molecule has 66 valence electrons. The van der Waals surface area contributed by atoms with E-state index in [4.69, 9.17) is 4.74 Å². The van der Waals surface area contributed by atoms with Crippen molar-refractivity contribution in [1.82, 2.24) is 14.8 Å². The van der Waals surface area contributed by atoms with Crippen LogP contribution in [-0.2, 0) is 11.8 Å². The average Bonchev–Trinajstić information content (AvgIpc) is 2.31. The van der Waals surface area contributed by atoms with Gasteiger partial charge in [-0.3, -0.25) is 0 Å². The summed E-state index contributed by atoms with van der Waals surface area (Å²) in [5, 5.41) is 7.32. The Labute approximate surface area is 69.4 Å². The lowest BCUT2D eigenvalue weighted by molar-refractivity contribution is -0.0718. The molecular weight excluding hydrogens is 161 g/mol. The lowest BCUT2D eigenvalue weighted by Crippen LogP contribution is -2.32. The number of nitrogens with zero attached hydrogens (tertiary/aromatic N) is 3. The van der Waals surface area contributed by atoms with E-state index in [1.807, 2.05) is 0 Å². The van der Waals surface area contributed by atoms with Crippen LogP contribution in [0.15, 0.2) is 6.33 Å². The van der Waals surface area contributed by atoms with Gasteiger partial charge in [-0.05, 0) is 0 Å². The molecule has 0 spiro atoms. The van der Waals surface area contributed by atoms with Gasteiger partial charge in [0.05, 0.1) is 13.2 Å². The van der Waals surface area contributed by atoms with Gasteiger partial charge in [-0.25, -0.2) is 4.39 Å². The summed E-state index contributed by atoms with van der Waals surface area (Å²) in [6.07, 6.45) is 0.466. The smallest absolute Gasteiger partial charge is 0.167 e. The molecule has 1 fully saturated rings. The molecule has 0 amide bonds. The third kappa shape index (κ3) is 1.10. The van der Waals surface area contributed by atoms with E-state index >= 15 is 0 Å². The summed E-state index contributed by atoms with van der Waals surface area (Å²) in [6.45, 7) is 0.988. The van der Waals surface area contributed by atoms with Gasteiger partial charge in [-0.15, -0.1) is 10.2 Å². The van der Waals surface area contributed by atoms with Crippen LogP contribution in [0.3, 0.4) is 0 Å². The van der Waals surface area contributed by atoms with Gasteiger partial charge in [0, 0.05) is 13.0 Å². The van der Waals surface area contributed by atoms with E-state index in [0.29, 0.717) is 19.0 Å². The molecule has 2 rings (SSSR count). The molecule has 0 N–H and O–H groups in total. The molecule has 1 atom stereocenters. The molecule has 0 aliphatic carbocycles. The number of halogens is 1. The van der Waals surface area contributed by atoms with Crippen LogP contribution in [0.2, 0.25) is 0 Å². The van der Waals surface area contributed by atoms with Gasteiger partial charge >= 0.3 is 0 Å². The molecule has 0 saturated carbocycles. The van der Waals surface area contributed by atoms with Crippen LogP contribution >= 0.6 is 0 Å². The van der Waals surface area contributed by atoms with Gasteiger partial charge in [0.15, 0.2) is 12.0 Å². The molecule has 1 aliphatic rings. The Hall–Kier alpha value is -0.970. The molecule has 0 radical (unpaired) electrons. The number of rotatable bonds is 2. The first-order valence-corrected chi connectivity index (χ1v) is 3.84. The number of aryl methyl sites for hydroxylation is 1. The molecule has 0 aromatic carbocycles. The van der Waals surface area contributed by atoms with E-state index in [0.717, 1.165) is 0 Å². The van der Waals surface area contributed by atoms with Crippen molar-refractivity contribution >= 4 is 0 Å². The Morgan fingerprint density at radius 3 is 2.92 bits per heavy atom. The first kappa shape index (κ1) is 7.67. The second-order valence-corrected chi connectivity index (χ2v) is 3.00. The van der Waals surface area contributed by atoms with Gasteiger partial charge in [-0.1, -0.05) is 0 Å². The summed E-state index contributed by atoms with van der Waals surface area (Å²) in [6, 6.07) is 0. The number of alkyl halides is 1. The van der Waals surface area contributed by atoms with E-state index in [9.17, 15) is 4.39 Å². The first-order chi connectivity index (χ1) is 5.79. The monoisotopic (exact) mass is 171 g/mol. The summed E-state index contributed by atoms with van der Waals surface area (Å²) in [4.78, 5) is 0. The van der Waals surface area contributed by atoms with Crippen LogP contribution in [0.5, 0.6) is 0 Å². The summed E-state index contributed by atoms with van der Waals surface area (Å²) >= 11 is 0. The largest absolute Gasteiger partial charge is 0.380 e.